The molecule has 2 amide bonds. The van der Waals surface area contributed by atoms with Crippen molar-refractivity contribution in [2.24, 2.45) is 11.7 Å². The second-order valence-corrected chi connectivity index (χ2v) is 8.57. The number of carbonyl (C=O) groups excluding carboxylic acids is 2. The van der Waals surface area contributed by atoms with E-state index in [0.29, 0.717) is 38.0 Å². The molecule has 164 valence electrons. The Morgan fingerprint density at radius 2 is 1.94 bits per heavy atom. The Morgan fingerprint density at radius 1 is 1.22 bits per heavy atom. The molecule has 0 atom stereocenters. The van der Waals surface area contributed by atoms with E-state index < -0.39 is 11.4 Å². The summed E-state index contributed by atoms with van der Waals surface area (Å²) in [7, 11) is 0. The number of anilines is 1. The van der Waals surface area contributed by atoms with Crippen LogP contribution in [-0.2, 0) is 16.9 Å². The van der Waals surface area contributed by atoms with Gasteiger partial charge < -0.3 is 11.1 Å². The van der Waals surface area contributed by atoms with Gasteiger partial charge in [-0.2, -0.15) is 15.6 Å². The molecule has 32 heavy (non-hydrogen) atoms. The van der Waals surface area contributed by atoms with E-state index in [0.717, 1.165) is 18.4 Å². The van der Waals surface area contributed by atoms with Crippen molar-refractivity contribution in [1.82, 2.24) is 14.7 Å². The Bertz CT molecular complexity index is 1110. The molecular weight excluding hydrogens is 406 g/mol. The highest BCUT2D eigenvalue weighted by Gasteiger charge is 2.39. The van der Waals surface area contributed by atoms with Crippen molar-refractivity contribution in [3.05, 3.63) is 47.2 Å². The maximum absolute atomic E-state index is 12.2. The molecule has 4 rings (SSSR count). The van der Waals surface area contributed by atoms with Gasteiger partial charge in [-0.25, -0.2) is 0 Å². The molecule has 2 heterocycles. The van der Waals surface area contributed by atoms with Gasteiger partial charge in [0.1, 0.15) is 5.56 Å². The number of carbonyl (C=O) groups is 2. The van der Waals surface area contributed by atoms with Crippen LogP contribution in [0.3, 0.4) is 0 Å². The molecule has 2 fully saturated rings. The molecule has 0 spiro atoms. The van der Waals surface area contributed by atoms with Crippen molar-refractivity contribution in [2.75, 3.05) is 18.4 Å². The molecule has 1 aromatic heterocycles. The second-order valence-electron chi connectivity index (χ2n) is 8.57. The SMILES string of the molecule is N#CCC1(n2cc(C(N)=O)c(NC(=O)C3CC3)n2)CCN(Cc2ccccc2C#N)CC1. The zero-order valence-electron chi connectivity index (χ0n) is 17.8. The quantitative estimate of drug-likeness (QED) is 0.688. The Labute approximate surface area is 186 Å². The highest BCUT2D eigenvalue weighted by atomic mass is 16.2. The smallest absolute Gasteiger partial charge is 0.254 e. The molecule has 1 aromatic carbocycles. The number of piperidine rings is 1. The number of aromatic nitrogens is 2. The second kappa shape index (κ2) is 8.81. The standard InChI is InChI=1S/C23H25N7O2/c24-10-7-23(8-11-29(12-9-23)14-18-4-2-1-3-17(18)13-25)30-15-19(20(26)31)21(28-30)27-22(32)16-5-6-16/h1-4,15-16H,5-9,11-12,14H2,(H2,26,31)(H,27,28,32). The fourth-order valence-corrected chi connectivity index (χ4v) is 4.22. The van der Waals surface area contributed by atoms with Gasteiger partial charge in [0.15, 0.2) is 5.82 Å². The lowest BCUT2D eigenvalue weighted by Crippen LogP contribution is -2.46. The van der Waals surface area contributed by atoms with Crippen LogP contribution in [-0.4, -0.2) is 39.6 Å². The van der Waals surface area contributed by atoms with Crippen LogP contribution in [0.1, 0.15) is 53.6 Å². The predicted octanol–water partition coefficient (Wildman–Crippen LogP) is 2.11. The third-order valence-electron chi connectivity index (χ3n) is 6.38. The van der Waals surface area contributed by atoms with Gasteiger partial charge in [0.2, 0.25) is 5.91 Å². The monoisotopic (exact) mass is 431 g/mol. The van der Waals surface area contributed by atoms with Gasteiger partial charge >= 0.3 is 0 Å². The summed E-state index contributed by atoms with van der Waals surface area (Å²) in [6, 6.07) is 12.0. The maximum atomic E-state index is 12.2. The van der Waals surface area contributed by atoms with Gasteiger partial charge in [-0.1, -0.05) is 18.2 Å². The van der Waals surface area contributed by atoms with E-state index in [2.05, 4.69) is 27.5 Å². The number of nitrogens with one attached hydrogen (secondary N) is 1. The summed E-state index contributed by atoms with van der Waals surface area (Å²) in [6.07, 6.45) is 4.74. The average molecular weight is 432 g/mol. The van der Waals surface area contributed by atoms with Gasteiger partial charge in [0, 0.05) is 31.7 Å². The molecule has 9 heteroatoms. The molecule has 3 N–H and O–H groups in total. The summed E-state index contributed by atoms with van der Waals surface area (Å²) in [6.45, 7) is 2.06. The van der Waals surface area contributed by atoms with Crippen LogP contribution >= 0.6 is 0 Å². The molecule has 1 saturated heterocycles. The first-order valence-electron chi connectivity index (χ1n) is 10.7. The number of hydrogen-bond acceptors (Lipinski definition) is 6. The Balaban J connectivity index is 1.53. The van der Waals surface area contributed by atoms with Crippen LogP contribution in [0.25, 0.3) is 0 Å². The minimum atomic E-state index is -0.667. The van der Waals surface area contributed by atoms with Crippen molar-refractivity contribution in [3.8, 4) is 12.1 Å². The number of nitriles is 2. The topological polar surface area (TPSA) is 141 Å². The summed E-state index contributed by atoms with van der Waals surface area (Å²) in [5.41, 5.74) is 6.74. The number of benzene rings is 1. The van der Waals surface area contributed by atoms with E-state index >= 15 is 0 Å². The van der Waals surface area contributed by atoms with Crippen molar-refractivity contribution in [2.45, 2.75) is 44.2 Å². The summed E-state index contributed by atoms with van der Waals surface area (Å²) in [5, 5.41) is 26.1. The molecule has 2 aliphatic rings. The van der Waals surface area contributed by atoms with Crippen LogP contribution in [0.5, 0.6) is 0 Å². The van der Waals surface area contributed by atoms with Crippen LogP contribution in [0.15, 0.2) is 30.5 Å². The first kappa shape index (κ1) is 21.5. The number of primary amides is 1. The molecule has 9 nitrogen and oxygen atoms in total. The van der Waals surface area contributed by atoms with Gasteiger partial charge in [-0.15, -0.1) is 0 Å². The number of likely N-dealkylation sites (tertiary alicyclic amines) is 1. The predicted molar refractivity (Wildman–Crippen MR) is 116 cm³/mol. The Hall–Kier alpha value is -3.69. The number of nitrogens with two attached hydrogens (primary N) is 1. The van der Waals surface area contributed by atoms with E-state index in [1.165, 1.54) is 0 Å². The molecule has 1 saturated carbocycles. The van der Waals surface area contributed by atoms with E-state index in [1.54, 1.807) is 10.9 Å². The number of rotatable bonds is 7. The lowest BCUT2D eigenvalue weighted by Gasteiger charge is -2.40. The van der Waals surface area contributed by atoms with Gasteiger partial charge in [-0.3, -0.25) is 19.2 Å². The third kappa shape index (κ3) is 4.34. The minimum Gasteiger partial charge on any atom is -0.365 e. The summed E-state index contributed by atoms with van der Waals surface area (Å²) in [4.78, 5) is 26.4. The summed E-state index contributed by atoms with van der Waals surface area (Å²) >= 11 is 0. The van der Waals surface area contributed by atoms with E-state index in [4.69, 9.17) is 5.73 Å². The fraction of sp³-hybridized carbons (Fsp3) is 0.435. The molecule has 0 radical (unpaired) electrons. The number of amides is 2. The third-order valence-corrected chi connectivity index (χ3v) is 6.38. The molecule has 1 aliphatic heterocycles. The van der Waals surface area contributed by atoms with Crippen molar-refractivity contribution in [3.63, 3.8) is 0 Å². The van der Waals surface area contributed by atoms with Crippen LogP contribution in [0.2, 0.25) is 0 Å². The molecule has 1 aliphatic carbocycles. The lowest BCUT2D eigenvalue weighted by molar-refractivity contribution is -0.117. The van der Waals surface area contributed by atoms with Gasteiger partial charge in [-0.05, 0) is 37.3 Å². The zero-order chi connectivity index (χ0) is 22.7. The van der Waals surface area contributed by atoms with Gasteiger partial charge in [0.25, 0.3) is 5.91 Å². The molecular formula is C23H25N7O2. The summed E-state index contributed by atoms with van der Waals surface area (Å²) in [5.74, 6) is -0.691. The fourth-order valence-electron chi connectivity index (χ4n) is 4.22. The van der Waals surface area contributed by atoms with Crippen LogP contribution in [0.4, 0.5) is 5.82 Å². The highest BCUT2D eigenvalue weighted by Crippen LogP contribution is 2.36. The maximum Gasteiger partial charge on any atom is 0.254 e. The van der Waals surface area contributed by atoms with Crippen LogP contribution in [0, 0.1) is 28.6 Å². The van der Waals surface area contributed by atoms with Crippen molar-refractivity contribution >= 4 is 17.6 Å². The summed E-state index contributed by atoms with van der Waals surface area (Å²) < 4.78 is 1.65. The average Bonchev–Trinajstić information content (AvgIpc) is 3.56. The molecule has 0 unspecified atom stereocenters. The Kier molecular flexibility index (Phi) is 5.93. The minimum absolute atomic E-state index is 0.0338. The van der Waals surface area contributed by atoms with Crippen molar-refractivity contribution in [1.29, 1.82) is 10.5 Å². The molecule has 0 bridgehead atoms. The highest BCUT2D eigenvalue weighted by molar-refractivity contribution is 6.02. The van der Waals surface area contributed by atoms with E-state index in [9.17, 15) is 20.1 Å². The first-order chi connectivity index (χ1) is 15.5. The van der Waals surface area contributed by atoms with Crippen LogP contribution < -0.4 is 11.1 Å². The normalized spacial score (nSPS) is 17.8. The first-order valence-corrected chi connectivity index (χ1v) is 10.7. The zero-order valence-corrected chi connectivity index (χ0v) is 17.8. The number of hydrogen-bond donors (Lipinski definition) is 2. The lowest BCUT2D eigenvalue weighted by atomic mass is 9.84. The van der Waals surface area contributed by atoms with E-state index in [1.807, 2.05) is 24.3 Å². The molecule has 2 aromatic rings. The van der Waals surface area contributed by atoms with Gasteiger partial charge in [0.05, 0.1) is 29.7 Å². The Morgan fingerprint density at radius 3 is 2.56 bits per heavy atom. The number of nitrogens with zero attached hydrogens (tertiary/aromatic N) is 5. The van der Waals surface area contributed by atoms with Crippen molar-refractivity contribution < 1.29 is 9.59 Å². The largest absolute Gasteiger partial charge is 0.365 e. The van der Waals surface area contributed by atoms with E-state index in [-0.39, 0.29) is 29.6 Å².